The van der Waals surface area contributed by atoms with Gasteiger partial charge in [-0.15, -0.1) is 0 Å². The van der Waals surface area contributed by atoms with Gasteiger partial charge in [-0.1, -0.05) is 20.8 Å². The fourth-order valence-corrected chi connectivity index (χ4v) is 4.95. The Morgan fingerprint density at radius 1 is 1.00 bits per heavy atom. The first-order valence-corrected chi connectivity index (χ1v) is 12.8. The van der Waals surface area contributed by atoms with Gasteiger partial charge in [-0.25, -0.2) is 13.6 Å². The standard InChI is InChI=1S/C25H38F2N4O6/c1-24(2,3)19(30-23(36)37-5)22(35)31-12-13-6-9-15(13)17(31)20(33)29-16(10-11-25(4,26)27)18(32)21(34)28-14-7-8-14/h13-17,19H,6-12H2,1-5H3,(H,28,34)(H,29,33)(H,30,36)/t13?,15?,16-,17?,19+/m0/s1. The maximum Gasteiger partial charge on any atom is 0.407 e. The topological polar surface area (TPSA) is 134 Å². The van der Waals surface area contributed by atoms with Gasteiger partial charge in [0.2, 0.25) is 23.5 Å². The first-order valence-electron chi connectivity index (χ1n) is 12.8. The van der Waals surface area contributed by atoms with Gasteiger partial charge < -0.3 is 25.6 Å². The molecule has 3 aliphatic rings. The number of carbonyl (C=O) groups excluding carboxylic acids is 5. The number of likely N-dealkylation sites (tertiary alicyclic amines) is 1. The van der Waals surface area contributed by atoms with Gasteiger partial charge >= 0.3 is 6.09 Å². The van der Waals surface area contributed by atoms with Gasteiger partial charge in [0.1, 0.15) is 12.1 Å². The van der Waals surface area contributed by atoms with Crippen LogP contribution in [0.5, 0.6) is 0 Å². The summed E-state index contributed by atoms with van der Waals surface area (Å²) in [6, 6.07) is -3.50. The lowest BCUT2D eigenvalue weighted by molar-refractivity contribution is -0.145. The van der Waals surface area contributed by atoms with Crippen LogP contribution in [0.1, 0.15) is 66.2 Å². The number of hydrogen-bond donors (Lipinski definition) is 3. The van der Waals surface area contributed by atoms with E-state index in [0.717, 1.165) is 19.3 Å². The molecule has 37 heavy (non-hydrogen) atoms. The van der Waals surface area contributed by atoms with Crippen molar-refractivity contribution in [2.75, 3.05) is 13.7 Å². The minimum Gasteiger partial charge on any atom is -0.453 e. The average Bonchev–Trinajstić information content (AvgIpc) is 3.55. The number of rotatable bonds is 10. The number of alkyl carbamates (subject to hydrolysis) is 1. The zero-order valence-electron chi connectivity index (χ0n) is 22.1. The second-order valence-electron chi connectivity index (χ2n) is 11.7. The number of ketones is 1. The third kappa shape index (κ3) is 7.16. The van der Waals surface area contributed by atoms with E-state index in [1.807, 2.05) is 0 Å². The largest absolute Gasteiger partial charge is 0.453 e. The third-order valence-corrected chi connectivity index (χ3v) is 7.40. The Bertz CT molecular complexity index is 927. The molecule has 0 aromatic heterocycles. The fourth-order valence-electron chi connectivity index (χ4n) is 4.95. The Balaban J connectivity index is 1.80. The summed E-state index contributed by atoms with van der Waals surface area (Å²) in [6.07, 6.45) is 1.07. The molecular formula is C25H38F2N4O6. The highest BCUT2D eigenvalue weighted by Crippen LogP contribution is 2.45. The van der Waals surface area contributed by atoms with E-state index in [-0.39, 0.29) is 17.9 Å². The summed E-state index contributed by atoms with van der Waals surface area (Å²) in [5, 5.41) is 7.61. The third-order valence-electron chi connectivity index (χ3n) is 7.40. The van der Waals surface area contributed by atoms with E-state index in [0.29, 0.717) is 19.9 Å². The second-order valence-corrected chi connectivity index (χ2v) is 11.7. The second kappa shape index (κ2) is 10.9. The zero-order chi connectivity index (χ0) is 27.7. The molecule has 10 nitrogen and oxygen atoms in total. The lowest BCUT2D eigenvalue weighted by Gasteiger charge is -2.36. The molecule has 0 aromatic rings. The van der Waals surface area contributed by atoms with E-state index in [2.05, 4.69) is 20.7 Å². The normalized spacial score (nSPS) is 24.7. The number of hydrogen-bond acceptors (Lipinski definition) is 6. The van der Waals surface area contributed by atoms with Crippen molar-refractivity contribution < 1.29 is 37.5 Å². The molecule has 12 heteroatoms. The molecular weight excluding hydrogens is 490 g/mol. The van der Waals surface area contributed by atoms with Crippen LogP contribution in [0.3, 0.4) is 0 Å². The number of halogens is 2. The average molecular weight is 529 g/mol. The van der Waals surface area contributed by atoms with Crippen LogP contribution in [-0.4, -0.2) is 78.2 Å². The van der Waals surface area contributed by atoms with Crippen molar-refractivity contribution in [3.05, 3.63) is 0 Å². The molecule has 1 heterocycles. The Hall–Kier alpha value is -2.79. The Kier molecular flexibility index (Phi) is 8.48. The molecule has 3 N–H and O–H groups in total. The van der Waals surface area contributed by atoms with E-state index in [1.165, 1.54) is 12.0 Å². The molecule has 5 atom stereocenters. The molecule has 2 aliphatic carbocycles. The van der Waals surface area contributed by atoms with Crippen LogP contribution < -0.4 is 16.0 Å². The zero-order valence-corrected chi connectivity index (χ0v) is 22.1. The van der Waals surface area contributed by atoms with Crippen LogP contribution in [0.2, 0.25) is 0 Å². The SMILES string of the molecule is COC(=O)N[C@H](C(=O)N1CC2CCC2C1C(=O)N[C@@H](CCC(C)(F)F)C(=O)C(=O)NC1CC1)C(C)(C)C. The number of ether oxygens (including phenoxy) is 1. The number of nitrogens with one attached hydrogen (secondary N) is 3. The summed E-state index contributed by atoms with van der Waals surface area (Å²) >= 11 is 0. The highest BCUT2D eigenvalue weighted by molar-refractivity contribution is 6.38. The van der Waals surface area contributed by atoms with Gasteiger partial charge in [-0.05, 0) is 56.3 Å². The molecule has 3 fully saturated rings. The van der Waals surface area contributed by atoms with Gasteiger partial charge in [0.15, 0.2) is 0 Å². The van der Waals surface area contributed by atoms with Crippen LogP contribution in [0.4, 0.5) is 13.6 Å². The molecule has 0 bridgehead atoms. The number of carbonyl (C=O) groups is 5. The Labute approximate surface area is 215 Å². The van der Waals surface area contributed by atoms with Gasteiger partial charge in [-0.2, -0.15) is 0 Å². The number of methoxy groups -OCH3 is 1. The lowest BCUT2D eigenvalue weighted by atomic mass is 9.73. The van der Waals surface area contributed by atoms with E-state index in [4.69, 9.17) is 0 Å². The predicted molar refractivity (Wildman–Crippen MR) is 128 cm³/mol. The monoisotopic (exact) mass is 528 g/mol. The van der Waals surface area contributed by atoms with Crippen LogP contribution >= 0.6 is 0 Å². The van der Waals surface area contributed by atoms with Crippen molar-refractivity contribution in [2.24, 2.45) is 17.3 Å². The maximum absolute atomic E-state index is 13.6. The summed E-state index contributed by atoms with van der Waals surface area (Å²) in [5.74, 6) is -6.21. The number of fused-ring (bicyclic) bond motifs is 1. The molecule has 4 amide bonds. The summed E-state index contributed by atoms with van der Waals surface area (Å²) in [4.78, 5) is 65.7. The van der Waals surface area contributed by atoms with Crippen molar-refractivity contribution in [3.63, 3.8) is 0 Å². The van der Waals surface area contributed by atoms with E-state index in [1.54, 1.807) is 20.8 Å². The summed E-state index contributed by atoms with van der Waals surface area (Å²) in [6.45, 7) is 6.30. The van der Waals surface area contributed by atoms with Crippen LogP contribution in [0.25, 0.3) is 0 Å². The van der Waals surface area contributed by atoms with Crippen molar-refractivity contribution >= 4 is 29.6 Å². The summed E-state index contributed by atoms with van der Waals surface area (Å²) < 4.78 is 31.9. The Morgan fingerprint density at radius 3 is 2.14 bits per heavy atom. The van der Waals surface area contributed by atoms with Gasteiger partial charge in [0.25, 0.3) is 5.91 Å². The first-order chi connectivity index (χ1) is 17.1. The molecule has 208 valence electrons. The van der Waals surface area contributed by atoms with Crippen molar-refractivity contribution in [2.45, 2.75) is 96.3 Å². The molecule has 0 aromatic carbocycles. The van der Waals surface area contributed by atoms with Gasteiger partial charge in [0, 0.05) is 19.0 Å². The lowest BCUT2D eigenvalue weighted by Crippen LogP contribution is -2.60. The molecule has 1 saturated heterocycles. The molecule has 3 unspecified atom stereocenters. The van der Waals surface area contributed by atoms with Crippen LogP contribution in [-0.2, 0) is 23.9 Å². The molecule has 1 aliphatic heterocycles. The minimum absolute atomic E-state index is 0.0748. The molecule has 3 rings (SSSR count). The van der Waals surface area contributed by atoms with Crippen molar-refractivity contribution in [3.8, 4) is 0 Å². The first kappa shape index (κ1) is 28.8. The fraction of sp³-hybridized carbons (Fsp3) is 0.800. The highest BCUT2D eigenvalue weighted by Gasteiger charge is 2.54. The van der Waals surface area contributed by atoms with Crippen LogP contribution in [0, 0.1) is 17.3 Å². The minimum atomic E-state index is -3.09. The smallest absolute Gasteiger partial charge is 0.407 e. The number of amides is 4. The van der Waals surface area contributed by atoms with Crippen molar-refractivity contribution in [1.29, 1.82) is 0 Å². The quantitative estimate of drug-likeness (QED) is 0.370. The van der Waals surface area contributed by atoms with E-state index < -0.39 is 71.9 Å². The maximum atomic E-state index is 13.6. The van der Waals surface area contributed by atoms with Crippen LogP contribution in [0.15, 0.2) is 0 Å². The molecule has 0 radical (unpaired) electrons. The number of nitrogens with zero attached hydrogens (tertiary/aromatic N) is 1. The summed E-state index contributed by atoms with van der Waals surface area (Å²) in [5.41, 5.74) is -0.708. The van der Waals surface area contributed by atoms with E-state index >= 15 is 0 Å². The Morgan fingerprint density at radius 2 is 1.65 bits per heavy atom. The molecule has 0 spiro atoms. The van der Waals surface area contributed by atoms with Gasteiger partial charge in [0.05, 0.1) is 13.2 Å². The number of Topliss-reactive ketones (excluding diaryl/α,β-unsaturated/α-hetero) is 1. The van der Waals surface area contributed by atoms with Crippen molar-refractivity contribution in [1.82, 2.24) is 20.9 Å². The predicted octanol–water partition coefficient (Wildman–Crippen LogP) is 1.76. The summed E-state index contributed by atoms with van der Waals surface area (Å²) in [7, 11) is 1.18. The molecule has 2 saturated carbocycles. The van der Waals surface area contributed by atoms with Gasteiger partial charge in [-0.3, -0.25) is 19.2 Å². The number of alkyl halides is 2. The highest BCUT2D eigenvalue weighted by atomic mass is 19.3. The van der Waals surface area contributed by atoms with E-state index in [9.17, 15) is 32.8 Å².